The Labute approximate surface area is 168 Å². The van der Waals surface area contributed by atoms with Crippen LogP contribution in [0.4, 0.5) is 11.4 Å². The molecule has 3 aromatic rings. The highest BCUT2D eigenvalue weighted by Gasteiger charge is 2.17. The maximum absolute atomic E-state index is 12.8. The van der Waals surface area contributed by atoms with Crippen LogP contribution in [0.1, 0.15) is 36.3 Å². The van der Waals surface area contributed by atoms with Gasteiger partial charge in [0, 0.05) is 22.8 Å². The number of amides is 2. The summed E-state index contributed by atoms with van der Waals surface area (Å²) in [6.45, 7) is 3.75. The molecule has 0 spiro atoms. The highest BCUT2D eigenvalue weighted by Crippen LogP contribution is 2.21. The van der Waals surface area contributed by atoms with E-state index in [4.69, 9.17) is 11.6 Å². The fourth-order valence-electron chi connectivity index (χ4n) is 2.86. The second-order valence-corrected chi connectivity index (χ2v) is 6.62. The van der Waals surface area contributed by atoms with Crippen LogP contribution in [0.2, 0.25) is 5.02 Å². The normalized spacial score (nSPS) is 10.5. The zero-order chi connectivity index (χ0) is 20.1. The molecule has 6 nitrogen and oxygen atoms in total. The summed E-state index contributed by atoms with van der Waals surface area (Å²) < 4.78 is 1.72. The fourth-order valence-corrected chi connectivity index (χ4v) is 3.04. The Kier molecular flexibility index (Phi) is 6.11. The number of rotatable bonds is 6. The van der Waals surface area contributed by atoms with Gasteiger partial charge in [0.1, 0.15) is 0 Å². The lowest BCUT2D eigenvalue weighted by Gasteiger charge is -2.10. The summed E-state index contributed by atoms with van der Waals surface area (Å²) in [5.41, 5.74) is 3.31. The molecular formula is C21H21ClN4O2. The summed E-state index contributed by atoms with van der Waals surface area (Å²) in [5, 5.41) is 10.6. The van der Waals surface area contributed by atoms with E-state index < -0.39 is 0 Å². The van der Waals surface area contributed by atoms with Crippen LogP contribution < -0.4 is 10.6 Å². The number of carbonyl (C=O) groups is 2. The van der Waals surface area contributed by atoms with Crippen molar-refractivity contribution in [3.63, 3.8) is 0 Å². The molecule has 0 bridgehead atoms. The standard InChI is InChI=1S/C21H21ClN4O2/c1-3-19-18(13-23-26(19)17-10-5-7-14(22)11-17)21(28)25-16-9-6-8-15(12-16)24-20(27)4-2/h5-13H,3-4H2,1-2H3,(H,24,27)(H,25,28). The summed E-state index contributed by atoms with van der Waals surface area (Å²) in [4.78, 5) is 24.4. The minimum Gasteiger partial charge on any atom is -0.326 e. The van der Waals surface area contributed by atoms with Gasteiger partial charge in [0.2, 0.25) is 5.91 Å². The molecule has 0 saturated carbocycles. The summed E-state index contributed by atoms with van der Waals surface area (Å²) in [7, 11) is 0. The topological polar surface area (TPSA) is 76.0 Å². The first-order valence-corrected chi connectivity index (χ1v) is 9.43. The van der Waals surface area contributed by atoms with E-state index in [1.165, 1.54) is 0 Å². The van der Waals surface area contributed by atoms with Gasteiger partial charge in [-0.2, -0.15) is 5.10 Å². The van der Waals surface area contributed by atoms with E-state index in [9.17, 15) is 9.59 Å². The van der Waals surface area contributed by atoms with Gasteiger partial charge >= 0.3 is 0 Å². The van der Waals surface area contributed by atoms with Crippen LogP contribution in [0.25, 0.3) is 5.69 Å². The maximum Gasteiger partial charge on any atom is 0.259 e. The average molecular weight is 397 g/mol. The van der Waals surface area contributed by atoms with Gasteiger partial charge in [-0.3, -0.25) is 9.59 Å². The molecule has 1 aromatic heterocycles. The Bertz CT molecular complexity index is 1010. The molecule has 28 heavy (non-hydrogen) atoms. The maximum atomic E-state index is 12.8. The lowest BCUT2D eigenvalue weighted by molar-refractivity contribution is -0.115. The molecule has 0 radical (unpaired) electrons. The van der Waals surface area contributed by atoms with Gasteiger partial charge in [0.25, 0.3) is 5.91 Å². The largest absolute Gasteiger partial charge is 0.326 e. The second-order valence-electron chi connectivity index (χ2n) is 6.19. The minimum absolute atomic E-state index is 0.0838. The van der Waals surface area contributed by atoms with Gasteiger partial charge in [-0.1, -0.05) is 37.6 Å². The third kappa shape index (κ3) is 4.40. The molecule has 7 heteroatoms. The van der Waals surface area contributed by atoms with Crippen molar-refractivity contribution in [3.8, 4) is 5.69 Å². The number of aromatic nitrogens is 2. The number of benzene rings is 2. The summed E-state index contributed by atoms with van der Waals surface area (Å²) in [5.74, 6) is -0.344. The van der Waals surface area contributed by atoms with Gasteiger partial charge in [-0.15, -0.1) is 0 Å². The predicted molar refractivity (Wildman–Crippen MR) is 111 cm³/mol. The molecule has 0 fully saturated rings. The van der Waals surface area contributed by atoms with E-state index in [0.29, 0.717) is 34.8 Å². The smallest absolute Gasteiger partial charge is 0.259 e. The van der Waals surface area contributed by atoms with Crippen LogP contribution in [0.5, 0.6) is 0 Å². The van der Waals surface area contributed by atoms with E-state index in [1.807, 2.05) is 19.1 Å². The Hall–Kier alpha value is -3.12. The van der Waals surface area contributed by atoms with Crippen LogP contribution in [0, 0.1) is 0 Å². The molecule has 2 N–H and O–H groups in total. The molecule has 0 unspecified atom stereocenters. The Morgan fingerprint density at radius 1 is 1.04 bits per heavy atom. The molecule has 144 valence electrons. The van der Waals surface area contributed by atoms with Gasteiger partial charge in [0.15, 0.2) is 0 Å². The highest BCUT2D eigenvalue weighted by atomic mass is 35.5. The van der Waals surface area contributed by atoms with E-state index in [-0.39, 0.29) is 11.8 Å². The van der Waals surface area contributed by atoms with Crippen molar-refractivity contribution in [2.45, 2.75) is 26.7 Å². The number of anilines is 2. The fraction of sp³-hybridized carbons (Fsp3) is 0.190. The quantitative estimate of drug-likeness (QED) is 0.634. The SMILES string of the molecule is CCC(=O)Nc1cccc(NC(=O)c2cnn(-c3cccc(Cl)c3)c2CC)c1. The van der Waals surface area contributed by atoms with Gasteiger partial charge < -0.3 is 10.6 Å². The third-order valence-corrected chi connectivity index (χ3v) is 4.46. The monoisotopic (exact) mass is 396 g/mol. The van der Waals surface area contributed by atoms with Crippen molar-refractivity contribution in [1.29, 1.82) is 0 Å². The first-order valence-electron chi connectivity index (χ1n) is 9.06. The minimum atomic E-state index is -0.260. The summed E-state index contributed by atoms with van der Waals surface area (Å²) >= 11 is 6.08. The molecule has 0 aliphatic carbocycles. The van der Waals surface area contributed by atoms with Gasteiger partial charge in [-0.25, -0.2) is 4.68 Å². The lowest BCUT2D eigenvalue weighted by atomic mass is 10.1. The first kappa shape index (κ1) is 19.6. The molecule has 0 aliphatic heterocycles. The van der Waals surface area contributed by atoms with E-state index >= 15 is 0 Å². The molecule has 0 saturated heterocycles. The van der Waals surface area contributed by atoms with Crippen molar-refractivity contribution in [2.75, 3.05) is 10.6 Å². The van der Waals surface area contributed by atoms with Crippen molar-refractivity contribution >= 4 is 34.8 Å². The molecule has 2 aromatic carbocycles. The molecule has 0 atom stereocenters. The number of halogens is 1. The number of carbonyl (C=O) groups excluding carboxylic acids is 2. The molecular weight excluding hydrogens is 376 g/mol. The number of hydrogen-bond donors (Lipinski definition) is 2. The number of nitrogens with one attached hydrogen (secondary N) is 2. The molecule has 2 amide bonds. The van der Waals surface area contributed by atoms with E-state index in [1.54, 1.807) is 54.2 Å². The van der Waals surface area contributed by atoms with Crippen molar-refractivity contribution in [2.24, 2.45) is 0 Å². The first-order chi connectivity index (χ1) is 13.5. The third-order valence-electron chi connectivity index (χ3n) is 4.23. The van der Waals surface area contributed by atoms with Crippen LogP contribution in [0.3, 0.4) is 0 Å². The zero-order valence-electron chi connectivity index (χ0n) is 15.7. The summed E-state index contributed by atoms with van der Waals surface area (Å²) in [6, 6.07) is 14.4. The lowest BCUT2D eigenvalue weighted by Crippen LogP contribution is -2.15. The predicted octanol–water partition coefficient (Wildman–Crippen LogP) is 4.69. The van der Waals surface area contributed by atoms with Crippen molar-refractivity contribution in [1.82, 2.24) is 9.78 Å². The van der Waals surface area contributed by atoms with Gasteiger partial charge in [-0.05, 0) is 42.8 Å². The van der Waals surface area contributed by atoms with E-state index in [2.05, 4.69) is 15.7 Å². The Morgan fingerprint density at radius 2 is 1.75 bits per heavy atom. The van der Waals surface area contributed by atoms with Gasteiger partial charge in [0.05, 0.1) is 23.1 Å². The Balaban J connectivity index is 1.84. The molecule has 1 heterocycles. The van der Waals surface area contributed by atoms with Crippen LogP contribution in [-0.4, -0.2) is 21.6 Å². The van der Waals surface area contributed by atoms with Crippen LogP contribution in [-0.2, 0) is 11.2 Å². The highest BCUT2D eigenvalue weighted by molar-refractivity contribution is 6.30. The second kappa shape index (κ2) is 8.71. The number of hydrogen-bond acceptors (Lipinski definition) is 3. The average Bonchev–Trinajstić information content (AvgIpc) is 3.12. The summed E-state index contributed by atoms with van der Waals surface area (Å²) in [6.07, 6.45) is 2.57. The van der Waals surface area contributed by atoms with E-state index in [0.717, 1.165) is 11.4 Å². The Morgan fingerprint density at radius 3 is 2.43 bits per heavy atom. The molecule has 0 aliphatic rings. The zero-order valence-corrected chi connectivity index (χ0v) is 16.5. The molecule has 3 rings (SSSR count). The van der Waals surface area contributed by atoms with Crippen molar-refractivity contribution in [3.05, 3.63) is 71.0 Å². The van der Waals surface area contributed by atoms with Crippen LogP contribution >= 0.6 is 11.6 Å². The van der Waals surface area contributed by atoms with Crippen LogP contribution in [0.15, 0.2) is 54.7 Å². The van der Waals surface area contributed by atoms with Crippen molar-refractivity contribution < 1.29 is 9.59 Å². The number of nitrogens with zero attached hydrogens (tertiary/aromatic N) is 2.